The van der Waals surface area contributed by atoms with Crippen LogP contribution in [0.4, 0.5) is 0 Å². The molecular weight excluding hydrogens is 176 g/mol. The van der Waals surface area contributed by atoms with E-state index in [9.17, 15) is 0 Å². The zero-order valence-corrected chi connectivity index (χ0v) is 9.08. The Morgan fingerprint density at radius 2 is 2.00 bits per heavy atom. The second-order valence-electron chi connectivity index (χ2n) is 4.05. The van der Waals surface area contributed by atoms with Crippen LogP contribution in [0.15, 0.2) is 12.1 Å². The fourth-order valence-electron chi connectivity index (χ4n) is 1.94. The van der Waals surface area contributed by atoms with Crippen LogP contribution in [0.5, 0.6) is 0 Å². The van der Waals surface area contributed by atoms with Crippen molar-refractivity contribution in [1.29, 1.82) is 0 Å². The molecule has 0 bridgehead atoms. The standard InChI is InChI=1S/C11H18N2O/c1-8-4-5-9(2)13(8)12-11-6-7-14-10(11)3/h4-5,10-12H,6-7H2,1-3H3. The number of rotatable bonds is 2. The van der Waals surface area contributed by atoms with E-state index in [2.05, 4.69) is 43.0 Å². The minimum Gasteiger partial charge on any atom is -0.376 e. The van der Waals surface area contributed by atoms with Gasteiger partial charge in [-0.25, -0.2) is 0 Å². The number of nitrogens with zero attached hydrogens (tertiary/aromatic N) is 1. The van der Waals surface area contributed by atoms with Gasteiger partial charge in [0, 0.05) is 18.0 Å². The number of nitrogens with one attached hydrogen (secondary N) is 1. The van der Waals surface area contributed by atoms with E-state index in [1.54, 1.807) is 0 Å². The zero-order valence-electron chi connectivity index (χ0n) is 9.08. The van der Waals surface area contributed by atoms with Crippen molar-refractivity contribution in [2.75, 3.05) is 12.0 Å². The molecule has 1 aromatic heterocycles. The molecule has 0 amide bonds. The molecule has 1 aromatic rings. The van der Waals surface area contributed by atoms with E-state index in [-0.39, 0.29) is 0 Å². The Morgan fingerprint density at radius 3 is 2.50 bits per heavy atom. The minimum atomic E-state index is 0.316. The Balaban J connectivity index is 2.10. The van der Waals surface area contributed by atoms with Gasteiger partial charge in [0.25, 0.3) is 0 Å². The molecule has 78 valence electrons. The fourth-order valence-corrected chi connectivity index (χ4v) is 1.94. The Kier molecular flexibility index (Phi) is 2.50. The quantitative estimate of drug-likeness (QED) is 0.777. The lowest BCUT2D eigenvalue weighted by Gasteiger charge is -2.21. The van der Waals surface area contributed by atoms with E-state index >= 15 is 0 Å². The van der Waals surface area contributed by atoms with Gasteiger partial charge in [-0.15, -0.1) is 0 Å². The van der Waals surface area contributed by atoms with Crippen LogP contribution in [0.3, 0.4) is 0 Å². The zero-order chi connectivity index (χ0) is 10.1. The molecule has 2 unspecified atom stereocenters. The smallest absolute Gasteiger partial charge is 0.0764 e. The Morgan fingerprint density at radius 1 is 1.36 bits per heavy atom. The first kappa shape index (κ1) is 9.59. The van der Waals surface area contributed by atoms with Crippen molar-refractivity contribution in [2.45, 2.75) is 39.3 Å². The normalized spacial score (nSPS) is 26.8. The van der Waals surface area contributed by atoms with Crippen molar-refractivity contribution in [3.05, 3.63) is 23.5 Å². The summed E-state index contributed by atoms with van der Waals surface area (Å²) >= 11 is 0. The van der Waals surface area contributed by atoms with E-state index in [4.69, 9.17) is 4.74 Å². The van der Waals surface area contributed by atoms with Gasteiger partial charge in [0.15, 0.2) is 0 Å². The van der Waals surface area contributed by atoms with Crippen LogP contribution in [0.25, 0.3) is 0 Å². The Labute approximate surface area is 85.0 Å². The highest BCUT2D eigenvalue weighted by molar-refractivity contribution is 5.16. The van der Waals surface area contributed by atoms with Gasteiger partial charge in [-0.3, -0.25) is 4.68 Å². The average molecular weight is 194 g/mol. The van der Waals surface area contributed by atoms with Crippen molar-refractivity contribution in [2.24, 2.45) is 0 Å². The molecule has 0 aliphatic carbocycles. The van der Waals surface area contributed by atoms with Gasteiger partial charge < -0.3 is 10.2 Å². The summed E-state index contributed by atoms with van der Waals surface area (Å²) in [5, 5.41) is 0. The van der Waals surface area contributed by atoms with Gasteiger partial charge >= 0.3 is 0 Å². The number of ether oxygens (including phenoxy) is 1. The van der Waals surface area contributed by atoms with E-state index in [0.717, 1.165) is 13.0 Å². The summed E-state index contributed by atoms with van der Waals surface area (Å²) in [6, 6.07) is 4.70. The predicted molar refractivity (Wildman–Crippen MR) is 57.1 cm³/mol. The van der Waals surface area contributed by atoms with Crippen molar-refractivity contribution >= 4 is 0 Å². The summed E-state index contributed by atoms with van der Waals surface area (Å²) in [6.07, 6.45) is 1.41. The van der Waals surface area contributed by atoms with Gasteiger partial charge in [-0.1, -0.05) is 0 Å². The second kappa shape index (κ2) is 3.65. The van der Waals surface area contributed by atoms with Gasteiger partial charge in [0.05, 0.1) is 12.1 Å². The third kappa shape index (κ3) is 1.64. The highest BCUT2D eigenvalue weighted by Gasteiger charge is 2.24. The van der Waals surface area contributed by atoms with Gasteiger partial charge in [0.2, 0.25) is 0 Å². The molecule has 0 aromatic carbocycles. The van der Waals surface area contributed by atoms with E-state index in [0.29, 0.717) is 12.1 Å². The molecule has 1 fully saturated rings. The van der Waals surface area contributed by atoms with Crippen LogP contribution < -0.4 is 5.43 Å². The maximum atomic E-state index is 5.52. The van der Waals surface area contributed by atoms with E-state index in [1.165, 1.54) is 11.4 Å². The predicted octanol–water partition coefficient (Wildman–Crippen LogP) is 1.83. The molecule has 2 rings (SSSR count). The van der Waals surface area contributed by atoms with Crippen LogP contribution in [0, 0.1) is 13.8 Å². The molecule has 1 saturated heterocycles. The molecule has 0 spiro atoms. The largest absolute Gasteiger partial charge is 0.376 e. The molecule has 2 atom stereocenters. The van der Waals surface area contributed by atoms with Crippen molar-refractivity contribution in [3.8, 4) is 0 Å². The van der Waals surface area contributed by atoms with Gasteiger partial charge in [0.1, 0.15) is 0 Å². The molecule has 1 aliphatic heterocycles. The summed E-state index contributed by atoms with van der Waals surface area (Å²) in [6.45, 7) is 7.22. The van der Waals surface area contributed by atoms with Crippen LogP contribution >= 0.6 is 0 Å². The monoisotopic (exact) mass is 194 g/mol. The summed E-state index contributed by atoms with van der Waals surface area (Å²) < 4.78 is 7.67. The molecule has 3 nitrogen and oxygen atoms in total. The lowest BCUT2D eigenvalue weighted by atomic mass is 10.2. The topological polar surface area (TPSA) is 26.2 Å². The van der Waals surface area contributed by atoms with Crippen molar-refractivity contribution in [1.82, 2.24) is 4.68 Å². The number of aryl methyl sites for hydroxylation is 2. The highest BCUT2D eigenvalue weighted by Crippen LogP contribution is 2.15. The first-order valence-corrected chi connectivity index (χ1v) is 5.21. The summed E-state index contributed by atoms with van der Waals surface area (Å²) in [7, 11) is 0. The molecule has 0 saturated carbocycles. The molecule has 1 aliphatic rings. The maximum Gasteiger partial charge on any atom is 0.0764 e. The third-order valence-corrected chi connectivity index (χ3v) is 2.94. The first-order chi connectivity index (χ1) is 6.68. The fraction of sp³-hybridized carbons (Fsp3) is 0.636. The number of aromatic nitrogens is 1. The van der Waals surface area contributed by atoms with E-state index in [1.807, 2.05) is 0 Å². The molecular formula is C11H18N2O. The van der Waals surface area contributed by atoms with Gasteiger partial charge in [-0.2, -0.15) is 0 Å². The lowest BCUT2D eigenvalue weighted by molar-refractivity contribution is 0.120. The molecule has 14 heavy (non-hydrogen) atoms. The highest BCUT2D eigenvalue weighted by atomic mass is 16.5. The lowest BCUT2D eigenvalue weighted by Crippen LogP contribution is -2.34. The molecule has 0 radical (unpaired) electrons. The van der Waals surface area contributed by atoms with Crippen LogP contribution in [-0.2, 0) is 4.74 Å². The van der Waals surface area contributed by atoms with Crippen LogP contribution in [0.1, 0.15) is 24.7 Å². The van der Waals surface area contributed by atoms with Crippen molar-refractivity contribution < 1.29 is 4.74 Å². The molecule has 3 heteroatoms. The Hall–Kier alpha value is -0.960. The van der Waals surface area contributed by atoms with E-state index < -0.39 is 0 Å². The molecule has 1 N–H and O–H groups in total. The Bertz CT molecular complexity index is 300. The first-order valence-electron chi connectivity index (χ1n) is 5.21. The van der Waals surface area contributed by atoms with Crippen LogP contribution in [-0.4, -0.2) is 23.4 Å². The maximum absolute atomic E-state index is 5.52. The number of hydrogen-bond donors (Lipinski definition) is 1. The molecule has 2 heterocycles. The number of hydrogen-bond acceptors (Lipinski definition) is 2. The SMILES string of the molecule is Cc1ccc(C)n1NC1CCOC1C. The van der Waals surface area contributed by atoms with Crippen molar-refractivity contribution in [3.63, 3.8) is 0 Å². The average Bonchev–Trinajstić information content (AvgIpc) is 2.67. The summed E-state index contributed by atoms with van der Waals surface area (Å²) in [5.74, 6) is 0. The van der Waals surface area contributed by atoms with Crippen LogP contribution in [0.2, 0.25) is 0 Å². The third-order valence-electron chi connectivity index (χ3n) is 2.94. The summed E-state index contributed by atoms with van der Waals surface area (Å²) in [5.41, 5.74) is 6.00. The van der Waals surface area contributed by atoms with Gasteiger partial charge in [-0.05, 0) is 39.3 Å². The summed E-state index contributed by atoms with van der Waals surface area (Å²) in [4.78, 5) is 0. The minimum absolute atomic E-state index is 0.316. The second-order valence-corrected chi connectivity index (χ2v) is 4.05.